The van der Waals surface area contributed by atoms with E-state index in [0.717, 1.165) is 36.4 Å². The van der Waals surface area contributed by atoms with Gasteiger partial charge >= 0.3 is 0 Å². The number of piperidine rings is 1. The molecule has 0 N–H and O–H groups in total. The van der Waals surface area contributed by atoms with Crippen LogP contribution in [-0.2, 0) is 20.7 Å². The zero-order valence-electron chi connectivity index (χ0n) is 15.1. The van der Waals surface area contributed by atoms with Gasteiger partial charge in [-0.15, -0.1) is 0 Å². The summed E-state index contributed by atoms with van der Waals surface area (Å²) in [5.74, 6) is 0.991. The van der Waals surface area contributed by atoms with E-state index in [1.165, 1.54) is 0 Å². The van der Waals surface area contributed by atoms with Crippen molar-refractivity contribution >= 4 is 11.8 Å². The molecule has 2 fully saturated rings. The van der Waals surface area contributed by atoms with Crippen molar-refractivity contribution in [3.63, 3.8) is 0 Å². The highest BCUT2D eigenvalue weighted by atomic mass is 16.5. The fraction of sp³-hybridized carbons (Fsp3) is 0.722. The smallest absolute Gasteiger partial charge is 0.227 e. The van der Waals surface area contributed by atoms with Crippen LogP contribution in [0.15, 0.2) is 4.52 Å². The number of aromatic nitrogens is 1. The van der Waals surface area contributed by atoms with Crippen molar-refractivity contribution in [3.8, 4) is 0 Å². The van der Waals surface area contributed by atoms with E-state index in [-0.39, 0.29) is 17.7 Å². The van der Waals surface area contributed by atoms with Crippen LogP contribution in [-0.4, -0.2) is 66.2 Å². The molecule has 2 aliphatic rings. The summed E-state index contributed by atoms with van der Waals surface area (Å²) in [4.78, 5) is 29.0. The molecule has 1 aromatic heterocycles. The number of hydrogen-bond donors (Lipinski definition) is 0. The third-order valence-corrected chi connectivity index (χ3v) is 5.22. The molecular weight excluding hydrogens is 322 g/mol. The highest BCUT2D eigenvalue weighted by Crippen LogP contribution is 2.21. The van der Waals surface area contributed by atoms with E-state index < -0.39 is 0 Å². The lowest BCUT2D eigenvalue weighted by Crippen LogP contribution is -2.49. The molecular formula is C18H27N3O4. The largest absolute Gasteiger partial charge is 0.378 e. The average Bonchev–Trinajstić information content (AvgIpc) is 2.98. The molecule has 0 saturated carbocycles. The summed E-state index contributed by atoms with van der Waals surface area (Å²) < 4.78 is 10.5. The van der Waals surface area contributed by atoms with Crippen LogP contribution in [0.4, 0.5) is 0 Å². The summed E-state index contributed by atoms with van der Waals surface area (Å²) in [7, 11) is 0. The number of hydrogen-bond acceptors (Lipinski definition) is 5. The number of amides is 2. The maximum Gasteiger partial charge on any atom is 0.227 e. The number of carbonyl (C=O) groups is 2. The molecule has 2 saturated heterocycles. The number of rotatable bonds is 4. The minimum absolute atomic E-state index is 0.0742. The van der Waals surface area contributed by atoms with Crippen LogP contribution >= 0.6 is 0 Å². The first-order valence-electron chi connectivity index (χ1n) is 9.12. The second-order valence-corrected chi connectivity index (χ2v) is 6.92. The van der Waals surface area contributed by atoms with Gasteiger partial charge in [0.15, 0.2) is 0 Å². The summed E-state index contributed by atoms with van der Waals surface area (Å²) in [5.41, 5.74) is 1.87. The van der Waals surface area contributed by atoms with Crippen LogP contribution in [0.1, 0.15) is 36.3 Å². The van der Waals surface area contributed by atoms with Crippen molar-refractivity contribution in [3.05, 3.63) is 17.0 Å². The minimum atomic E-state index is -0.0742. The van der Waals surface area contributed by atoms with Crippen molar-refractivity contribution in [1.29, 1.82) is 0 Å². The Bertz CT molecular complexity index is 602. The fourth-order valence-electron chi connectivity index (χ4n) is 3.70. The Morgan fingerprint density at radius 1 is 1.16 bits per heavy atom. The van der Waals surface area contributed by atoms with Gasteiger partial charge in [0, 0.05) is 38.2 Å². The van der Waals surface area contributed by atoms with Gasteiger partial charge in [-0.2, -0.15) is 0 Å². The number of likely N-dealkylation sites (tertiary alicyclic amines) is 1. The first-order chi connectivity index (χ1) is 12.1. The summed E-state index contributed by atoms with van der Waals surface area (Å²) in [6.45, 7) is 7.59. The zero-order chi connectivity index (χ0) is 17.8. The molecule has 3 heterocycles. The number of ether oxygens (including phenoxy) is 1. The molecule has 0 spiro atoms. The van der Waals surface area contributed by atoms with Gasteiger partial charge in [0.25, 0.3) is 0 Å². The monoisotopic (exact) mass is 349 g/mol. The van der Waals surface area contributed by atoms with Crippen molar-refractivity contribution in [2.45, 2.75) is 39.5 Å². The Kier molecular flexibility index (Phi) is 5.73. The Morgan fingerprint density at radius 3 is 2.60 bits per heavy atom. The molecule has 0 radical (unpaired) electrons. The average molecular weight is 349 g/mol. The van der Waals surface area contributed by atoms with Crippen LogP contribution in [0.25, 0.3) is 0 Å². The maximum absolute atomic E-state index is 12.7. The van der Waals surface area contributed by atoms with Crippen LogP contribution in [0.3, 0.4) is 0 Å². The van der Waals surface area contributed by atoms with Crippen molar-refractivity contribution in [2.24, 2.45) is 5.92 Å². The summed E-state index contributed by atoms with van der Waals surface area (Å²) >= 11 is 0. The van der Waals surface area contributed by atoms with Gasteiger partial charge in [-0.1, -0.05) is 5.16 Å². The SMILES string of the molecule is Cc1noc(C)c1CCC(=O)N1CCCC(C(=O)N2CCOCC2)C1. The van der Waals surface area contributed by atoms with Crippen molar-refractivity contribution in [2.75, 3.05) is 39.4 Å². The van der Waals surface area contributed by atoms with Crippen LogP contribution in [0.2, 0.25) is 0 Å². The molecule has 0 bridgehead atoms. The molecule has 2 aliphatic heterocycles. The Labute approximate surface area is 148 Å². The van der Waals surface area contributed by atoms with E-state index in [1.54, 1.807) is 0 Å². The lowest BCUT2D eigenvalue weighted by atomic mass is 9.95. The number of morpholine rings is 1. The first kappa shape index (κ1) is 17.9. The highest BCUT2D eigenvalue weighted by molar-refractivity contribution is 5.81. The van der Waals surface area contributed by atoms with Crippen LogP contribution in [0.5, 0.6) is 0 Å². The van der Waals surface area contributed by atoms with E-state index in [4.69, 9.17) is 9.26 Å². The van der Waals surface area contributed by atoms with Gasteiger partial charge in [-0.3, -0.25) is 9.59 Å². The Hall–Kier alpha value is -1.89. The van der Waals surface area contributed by atoms with Gasteiger partial charge in [0.1, 0.15) is 5.76 Å². The first-order valence-corrected chi connectivity index (χ1v) is 9.12. The molecule has 0 aromatic carbocycles. The molecule has 3 rings (SSSR count). The van der Waals surface area contributed by atoms with Gasteiger partial charge in [0.2, 0.25) is 11.8 Å². The molecule has 0 aliphatic carbocycles. The molecule has 1 atom stereocenters. The summed E-state index contributed by atoms with van der Waals surface area (Å²) in [5, 5.41) is 3.93. The predicted molar refractivity (Wildman–Crippen MR) is 91.0 cm³/mol. The van der Waals surface area contributed by atoms with Gasteiger partial charge in [-0.05, 0) is 33.1 Å². The van der Waals surface area contributed by atoms with E-state index in [2.05, 4.69) is 5.16 Å². The molecule has 25 heavy (non-hydrogen) atoms. The second-order valence-electron chi connectivity index (χ2n) is 6.92. The number of nitrogens with zero attached hydrogens (tertiary/aromatic N) is 3. The fourth-order valence-corrected chi connectivity index (χ4v) is 3.70. The molecule has 1 unspecified atom stereocenters. The van der Waals surface area contributed by atoms with Crippen molar-refractivity contribution < 1.29 is 18.8 Å². The molecule has 7 heteroatoms. The van der Waals surface area contributed by atoms with E-state index in [9.17, 15) is 9.59 Å². The predicted octanol–water partition coefficient (Wildman–Crippen LogP) is 1.32. The highest BCUT2D eigenvalue weighted by Gasteiger charge is 2.31. The summed E-state index contributed by atoms with van der Waals surface area (Å²) in [6, 6.07) is 0. The van der Waals surface area contributed by atoms with Gasteiger partial charge < -0.3 is 19.1 Å². The number of aryl methyl sites for hydroxylation is 2. The van der Waals surface area contributed by atoms with E-state index in [1.807, 2.05) is 23.6 Å². The third kappa shape index (κ3) is 4.21. The standard InChI is InChI=1S/C18H27N3O4/c1-13-16(14(2)25-19-13)5-6-17(22)21-7-3-4-15(12-21)18(23)20-8-10-24-11-9-20/h15H,3-12H2,1-2H3. The van der Waals surface area contributed by atoms with Crippen LogP contribution in [0, 0.1) is 19.8 Å². The van der Waals surface area contributed by atoms with E-state index >= 15 is 0 Å². The molecule has 138 valence electrons. The van der Waals surface area contributed by atoms with Crippen LogP contribution < -0.4 is 0 Å². The van der Waals surface area contributed by atoms with Gasteiger partial charge in [0.05, 0.1) is 24.8 Å². The third-order valence-electron chi connectivity index (χ3n) is 5.22. The second kappa shape index (κ2) is 7.99. The lowest BCUT2D eigenvalue weighted by Gasteiger charge is -2.36. The number of carbonyl (C=O) groups excluding carboxylic acids is 2. The normalized spacial score (nSPS) is 21.4. The van der Waals surface area contributed by atoms with E-state index in [0.29, 0.717) is 45.7 Å². The van der Waals surface area contributed by atoms with Gasteiger partial charge in [-0.25, -0.2) is 0 Å². The molecule has 7 nitrogen and oxygen atoms in total. The summed E-state index contributed by atoms with van der Waals surface area (Å²) in [6.07, 6.45) is 2.82. The quantitative estimate of drug-likeness (QED) is 0.819. The lowest BCUT2D eigenvalue weighted by molar-refractivity contribution is -0.144. The zero-order valence-corrected chi connectivity index (χ0v) is 15.1. The molecule has 2 amide bonds. The topological polar surface area (TPSA) is 75.9 Å². The Morgan fingerprint density at radius 2 is 1.92 bits per heavy atom. The molecule has 1 aromatic rings. The Balaban J connectivity index is 1.53. The van der Waals surface area contributed by atoms with Crippen molar-refractivity contribution in [1.82, 2.24) is 15.0 Å². The maximum atomic E-state index is 12.7. The minimum Gasteiger partial charge on any atom is -0.378 e.